The van der Waals surface area contributed by atoms with Crippen molar-refractivity contribution in [2.75, 3.05) is 6.61 Å². The van der Waals surface area contributed by atoms with E-state index in [1.54, 1.807) is 36.9 Å². The number of carbonyl (C=O) groups excluding carboxylic acids is 1. The number of nitrogens with zero attached hydrogens (tertiary/aromatic N) is 3. The highest BCUT2D eigenvalue weighted by Gasteiger charge is 2.50. The average molecular weight is 347 g/mol. The molecule has 0 bridgehead atoms. The number of aliphatic hydroxyl groups is 1. The highest BCUT2D eigenvalue weighted by atomic mass is 35.5. The lowest BCUT2D eigenvalue weighted by molar-refractivity contribution is 0.0863. The minimum Gasteiger partial charge on any atom is -0.394 e. The molecule has 0 aliphatic heterocycles. The number of pyridine rings is 1. The van der Waals surface area contributed by atoms with Crippen molar-refractivity contribution in [3.63, 3.8) is 0 Å². The Hall–Kier alpha value is -1.92. The first-order valence-electron chi connectivity index (χ1n) is 8.07. The predicted molar refractivity (Wildman–Crippen MR) is 89.6 cm³/mol. The van der Waals surface area contributed by atoms with Crippen LogP contribution in [-0.4, -0.2) is 37.9 Å². The predicted octanol–water partition coefficient (Wildman–Crippen LogP) is 2.08. The molecule has 0 unspecified atom stereocenters. The molecule has 0 aromatic carbocycles. The summed E-state index contributed by atoms with van der Waals surface area (Å²) in [6, 6.07) is 3.47. The summed E-state index contributed by atoms with van der Waals surface area (Å²) in [5, 5.41) is 17.4. The van der Waals surface area contributed by atoms with Gasteiger partial charge >= 0.3 is 0 Å². The molecule has 2 atom stereocenters. The first-order valence-corrected chi connectivity index (χ1v) is 8.44. The van der Waals surface area contributed by atoms with Gasteiger partial charge in [0.05, 0.1) is 17.8 Å². The molecule has 7 heteroatoms. The van der Waals surface area contributed by atoms with Crippen LogP contribution in [0.1, 0.15) is 47.9 Å². The van der Waals surface area contributed by atoms with Gasteiger partial charge in [-0.25, -0.2) is 9.67 Å². The van der Waals surface area contributed by atoms with Crippen LogP contribution in [0.2, 0.25) is 5.02 Å². The Bertz CT molecular complexity index is 830. The fourth-order valence-electron chi connectivity index (χ4n) is 3.39. The molecule has 1 saturated carbocycles. The molecule has 2 aromatic heterocycles. The fraction of sp³-hybridized carbons (Fsp3) is 0.471. The number of halogens is 1. The zero-order valence-electron chi connectivity index (χ0n) is 13.6. The molecule has 0 spiro atoms. The van der Waals surface area contributed by atoms with Crippen LogP contribution >= 0.6 is 11.6 Å². The Balaban J connectivity index is 1.76. The van der Waals surface area contributed by atoms with E-state index in [4.69, 9.17) is 11.6 Å². The van der Waals surface area contributed by atoms with E-state index in [1.165, 1.54) is 0 Å². The molecule has 2 aliphatic rings. The largest absolute Gasteiger partial charge is 0.394 e. The summed E-state index contributed by atoms with van der Waals surface area (Å²) in [4.78, 5) is 17.0. The summed E-state index contributed by atoms with van der Waals surface area (Å²) in [7, 11) is 0. The number of fused-ring (bicyclic) bond motifs is 3. The van der Waals surface area contributed by atoms with E-state index in [-0.39, 0.29) is 12.5 Å². The minimum absolute atomic E-state index is 0.136. The molecule has 1 amide bonds. The third-order valence-corrected chi connectivity index (χ3v) is 4.99. The lowest BCUT2D eigenvalue weighted by Gasteiger charge is -2.23. The van der Waals surface area contributed by atoms with Crippen LogP contribution in [-0.2, 0) is 6.42 Å². The van der Waals surface area contributed by atoms with E-state index in [2.05, 4.69) is 15.4 Å². The Kier molecular flexibility index (Phi) is 3.44. The van der Waals surface area contributed by atoms with Gasteiger partial charge in [0, 0.05) is 28.8 Å². The van der Waals surface area contributed by atoms with Crippen LogP contribution < -0.4 is 5.32 Å². The molecule has 2 N–H and O–H groups in total. The topological polar surface area (TPSA) is 80.0 Å². The highest BCUT2D eigenvalue weighted by molar-refractivity contribution is 6.30. The zero-order chi connectivity index (χ0) is 17.1. The van der Waals surface area contributed by atoms with E-state index in [0.29, 0.717) is 28.4 Å². The number of hydrogen-bond donors (Lipinski definition) is 2. The third-order valence-electron chi connectivity index (χ3n) is 4.75. The molecule has 6 nitrogen and oxygen atoms in total. The zero-order valence-corrected chi connectivity index (χ0v) is 14.3. The van der Waals surface area contributed by atoms with Gasteiger partial charge in [0.15, 0.2) is 11.5 Å². The SMILES string of the molecule is CC(C)(CO)NC(=O)c1nn(-c2cc(Cl)ccn2)c2c1C[C@H]1C[C@@H]21. The summed E-state index contributed by atoms with van der Waals surface area (Å²) >= 11 is 6.08. The molecule has 1 fully saturated rings. The van der Waals surface area contributed by atoms with Crippen LogP contribution in [0.3, 0.4) is 0 Å². The molecule has 2 heterocycles. The number of carbonyl (C=O) groups is 1. The van der Waals surface area contributed by atoms with E-state index < -0.39 is 5.54 Å². The van der Waals surface area contributed by atoms with Crippen molar-refractivity contribution in [2.24, 2.45) is 5.92 Å². The third kappa shape index (κ3) is 2.50. The second-order valence-electron chi connectivity index (χ2n) is 7.26. The van der Waals surface area contributed by atoms with Gasteiger partial charge in [-0.05, 0) is 38.7 Å². The normalized spacial score (nSPS) is 21.3. The van der Waals surface area contributed by atoms with E-state index in [1.807, 2.05) is 0 Å². The number of aromatic nitrogens is 3. The van der Waals surface area contributed by atoms with Crippen LogP contribution in [0.5, 0.6) is 0 Å². The maximum Gasteiger partial charge on any atom is 0.272 e. The van der Waals surface area contributed by atoms with Gasteiger partial charge in [0.1, 0.15) is 0 Å². The second-order valence-corrected chi connectivity index (χ2v) is 7.70. The van der Waals surface area contributed by atoms with E-state index in [9.17, 15) is 9.90 Å². The molecule has 4 rings (SSSR count). The molecule has 2 aliphatic carbocycles. The minimum atomic E-state index is -0.691. The number of aliphatic hydroxyl groups excluding tert-OH is 1. The molecule has 2 aromatic rings. The maximum atomic E-state index is 12.7. The summed E-state index contributed by atoms with van der Waals surface area (Å²) in [6.45, 7) is 3.42. The smallest absolute Gasteiger partial charge is 0.272 e. The van der Waals surface area contributed by atoms with Gasteiger partial charge in [0.2, 0.25) is 0 Å². The molecule has 24 heavy (non-hydrogen) atoms. The summed E-state index contributed by atoms with van der Waals surface area (Å²) in [6.07, 6.45) is 3.66. The van der Waals surface area contributed by atoms with E-state index >= 15 is 0 Å². The van der Waals surface area contributed by atoms with Gasteiger partial charge in [-0.3, -0.25) is 4.79 Å². The van der Waals surface area contributed by atoms with Gasteiger partial charge < -0.3 is 10.4 Å². The lowest BCUT2D eigenvalue weighted by Crippen LogP contribution is -2.46. The van der Waals surface area contributed by atoms with Crippen molar-refractivity contribution in [2.45, 2.75) is 38.1 Å². The Morgan fingerprint density at radius 2 is 2.33 bits per heavy atom. The maximum absolute atomic E-state index is 12.7. The summed E-state index contributed by atoms with van der Waals surface area (Å²) < 4.78 is 1.76. The van der Waals surface area contributed by atoms with Gasteiger partial charge in [-0.15, -0.1) is 0 Å². The van der Waals surface area contributed by atoms with Gasteiger partial charge in [-0.2, -0.15) is 5.10 Å². The van der Waals surface area contributed by atoms with Gasteiger partial charge in [-0.1, -0.05) is 11.6 Å². The van der Waals surface area contributed by atoms with Crippen molar-refractivity contribution >= 4 is 17.5 Å². The van der Waals surface area contributed by atoms with Gasteiger partial charge in [0.25, 0.3) is 5.91 Å². The first-order chi connectivity index (χ1) is 11.4. The van der Waals surface area contributed by atoms with Crippen LogP contribution in [0.25, 0.3) is 5.82 Å². The fourth-order valence-corrected chi connectivity index (χ4v) is 3.54. The van der Waals surface area contributed by atoms with Crippen molar-refractivity contribution in [1.82, 2.24) is 20.1 Å². The van der Waals surface area contributed by atoms with Crippen LogP contribution in [0, 0.1) is 5.92 Å². The Morgan fingerprint density at radius 3 is 3.04 bits per heavy atom. The summed E-state index contributed by atoms with van der Waals surface area (Å²) in [5.41, 5.74) is 1.83. The Morgan fingerprint density at radius 1 is 1.54 bits per heavy atom. The molecular weight excluding hydrogens is 328 g/mol. The number of amides is 1. The van der Waals surface area contributed by atoms with Crippen molar-refractivity contribution in [3.05, 3.63) is 40.3 Å². The van der Waals surface area contributed by atoms with Crippen LogP contribution in [0.15, 0.2) is 18.3 Å². The molecule has 126 valence electrons. The first kappa shape index (κ1) is 15.6. The quantitative estimate of drug-likeness (QED) is 0.888. The number of hydrogen-bond acceptors (Lipinski definition) is 4. The average Bonchev–Trinajstić information content (AvgIpc) is 3.03. The monoisotopic (exact) mass is 346 g/mol. The number of rotatable bonds is 4. The lowest BCUT2D eigenvalue weighted by atomic mass is 10.1. The van der Waals surface area contributed by atoms with Crippen molar-refractivity contribution < 1.29 is 9.90 Å². The molecular formula is C17H19ClN4O2. The van der Waals surface area contributed by atoms with Crippen molar-refractivity contribution in [3.8, 4) is 5.82 Å². The standard InChI is InChI=1S/C17H19ClN4O2/c1-17(2,8-23)20-16(24)14-12-6-9-5-11(9)15(12)22(21-14)13-7-10(18)3-4-19-13/h3-4,7,9,11,23H,5-6,8H2,1-2H3,(H,20,24)/t9-,11-/m1/s1. The molecule has 0 radical (unpaired) electrons. The summed E-state index contributed by atoms with van der Waals surface area (Å²) in [5.74, 6) is 1.45. The van der Waals surface area contributed by atoms with Crippen LogP contribution in [0.4, 0.5) is 0 Å². The van der Waals surface area contributed by atoms with E-state index in [0.717, 1.165) is 24.1 Å². The number of nitrogens with one attached hydrogen (secondary N) is 1. The molecule has 0 saturated heterocycles. The second kappa shape index (κ2) is 5.29. The van der Waals surface area contributed by atoms with Crippen molar-refractivity contribution in [1.29, 1.82) is 0 Å². The Labute approximate surface area is 144 Å². The highest BCUT2D eigenvalue weighted by Crippen LogP contribution is 2.57.